The Morgan fingerprint density at radius 3 is 2.48 bits per heavy atom. The molecule has 118 valence electrons. The fraction of sp³-hybridized carbons (Fsp3) is 0.500. The second kappa shape index (κ2) is 8.19. The largest absolute Gasteiger partial charge is 0.497 e. The number of carbonyl (C=O) groups is 1. The summed E-state index contributed by atoms with van der Waals surface area (Å²) in [6.45, 7) is -0.796. The van der Waals surface area contributed by atoms with Gasteiger partial charge in [0, 0.05) is 0 Å². The van der Waals surface area contributed by atoms with Gasteiger partial charge in [-0.05, 0) is 48.7 Å². The third kappa shape index (κ3) is 4.31. The van der Waals surface area contributed by atoms with Crippen LogP contribution in [0.3, 0.4) is 0 Å². The van der Waals surface area contributed by atoms with Gasteiger partial charge < -0.3 is 20.1 Å². The van der Waals surface area contributed by atoms with E-state index in [4.69, 9.17) is 21.6 Å². The molecule has 0 spiro atoms. The van der Waals surface area contributed by atoms with Gasteiger partial charge in [-0.15, -0.1) is 0 Å². The molecule has 0 aliphatic rings. The summed E-state index contributed by atoms with van der Waals surface area (Å²) in [5, 5.41) is 28.3. The maximum atomic E-state index is 11.1. The molecule has 0 aliphatic carbocycles. The predicted octanol–water partition coefficient (Wildman–Crippen LogP) is 0.938. The number of rotatable bonds is 9. The van der Waals surface area contributed by atoms with Crippen molar-refractivity contribution < 1.29 is 24.9 Å². The molecule has 0 aromatic heterocycles. The molecule has 2 atom stereocenters. The molecule has 7 heteroatoms. The molecule has 0 saturated carbocycles. The van der Waals surface area contributed by atoms with Crippen molar-refractivity contribution >= 4 is 17.7 Å². The lowest BCUT2D eigenvalue weighted by Gasteiger charge is -2.30. The Hall–Kier alpha value is -1.34. The molecule has 0 heterocycles. The maximum absolute atomic E-state index is 11.1. The van der Waals surface area contributed by atoms with E-state index in [1.54, 1.807) is 7.11 Å². The highest BCUT2D eigenvalue weighted by molar-refractivity contribution is 6.15. The quantitative estimate of drug-likeness (QED) is 0.506. The molecule has 21 heavy (non-hydrogen) atoms. The van der Waals surface area contributed by atoms with Crippen LogP contribution in [0.1, 0.15) is 18.4 Å². The van der Waals surface area contributed by atoms with E-state index in [-0.39, 0.29) is 6.42 Å². The SMILES string of the molecule is COc1ccc(CCCC(O)C(CO)(NCl)C(=O)O)cc1. The third-order valence-corrected chi connectivity index (χ3v) is 3.81. The van der Waals surface area contributed by atoms with Crippen LogP contribution in [0.25, 0.3) is 0 Å². The number of carboxylic acid groups (broad SMARTS) is 1. The van der Waals surface area contributed by atoms with E-state index in [1.807, 2.05) is 29.1 Å². The van der Waals surface area contributed by atoms with E-state index in [0.717, 1.165) is 11.3 Å². The van der Waals surface area contributed by atoms with Crippen LogP contribution < -0.4 is 9.57 Å². The van der Waals surface area contributed by atoms with Crippen molar-refractivity contribution in [3.05, 3.63) is 29.8 Å². The first-order valence-corrected chi connectivity index (χ1v) is 6.91. The van der Waals surface area contributed by atoms with Crippen LogP contribution in [0, 0.1) is 0 Å². The molecule has 1 aromatic carbocycles. The number of nitrogens with one attached hydrogen (secondary N) is 1. The summed E-state index contributed by atoms with van der Waals surface area (Å²) in [6.07, 6.45) is 0.125. The molecular weight excluding hydrogens is 298 g/mol. The second-order valence-electron chi connectivity index (χ2n) is 4.79. The van der Waals surface area contributed by atoms with Crippen LogP contribution in [-0.2, 0) is 11.2 Å². The van der Waals surface area contributed by atoms with E-state index in [2.05, 4.69) is 0 Å². The number of aryl methyl sites for hydroxylation is 1. The van der Waals surface area contributed by atoms with Crippen molar-refractivity contribution in [2.75, 3.05) is 13.7 Å². The van der Waals surface area contributed by atoms with Crippen LogP contribution >= 0.6 is 11.8 Å². The number of hydrogen-bond donors (Lipinski definition) is 4. The summed E-state index contributed by atoms with van der Waals surface area (Å²) in [6, 6.07) is 7.48. The average Bonchev–Trinajstić information content (AvgIpc) is 2.49. The van der Waals surface area contributed by atoms with Gasteiger partial charge in [-0.25, -0.2) is 9.63 Å². The summed E-state index contributed by atoms with van der Waals surface area (Å²) < 4.78 is 5.06. The average molecular weight is 318 g/mol. The topological polar surface area (TPSA) is 99.0 Å². The van der Waals surface area contributed by atoms with Gasteiger partial charge in [-0.2, -0.15) is 0 Å². The highest BCUT2D eigenvalue weighted by Gasteiger charge is 2.44. The zero-order chi connectivity index (χ0) is 15.9. The van der Waals surface area contributed by atoms with Crippen LogP contribution in [0.4, 0.5) is 0 Å². The van der Waals surface area contributed by atoms with Crippen LogP contribution in [0.5, 0.6) is 5.75 Å². The maximum Gasteiger partial charge on any atom is 0.330 e. The summed E-state index contributed by atoms with van der Waals surface area (Å²) >= 11 is 5.38. The molecule has 0 radical (unpaired) electrons. The van der Waals surface area contributed by atoms with Crippen molar-refractivity contribution in [3.8, 4) is 5.75 Å². The Bertz CT molecular complexity index is 447. The van der Waals surface area contributed by atoms with Gasteiger partial charge >= 0.3 is 5.97 Å². The number of halogens is 1. The van der Waals surface area contributed by atoms with Gasteiger partial charge in [0.05, 0.1) is 19.8 Å². The van der Waals surface area contributed by atoms with E-state index in [1.165, 1.54) is 0 Å². The number of methoxy groups -OCH3 is 1. The highest BCUT2D eigenvalue weighted by atomic mass is 35.5. The predicted molar refractivity (Wildman–Crippen MR) is 78.4 cm³/mol. The van der Waals surface area contributed by atoms with Crippen molar-refractivity contribution in [3.63, 3.8) is 0 Å². The number of aliphatic hydroxyl groups is 2. The van der Waals surface area contributed by atoms with Gasteiger partial charge in [-0.1, -0.05) is 12.1 Å². The van der Waals surface area contributed by atoms with Crippen molar-refractivity contribution in [2.24, 2.45) is 0 Å². The first-order valence-electron chi connectivity index (χ1n) is 6.53. The summed E-state index contributed by atoms with van der Waals surface area (Å²) in [7, 11) is 1.59. The van der Waals surface area contributed by atoms with Crippen LogP contribution in [0.2, 0.25) is 0 Å². The van der Waals surface area contributed by atoms with Gasteiger partial charge in [0.15, 0.2) is 5.54 Å². The molecule has 4 N–H and O–H groups in total. The molecule has 1 aromatic rings. The molecule has 6 nitrogen and oxygen atoms in total. The number of aliphatic carboxylic acids is 1. The number of aliphatic hydroxyl groups excluding tert-OH is 2. The number of carboxylic acids is 1. The van der Waals surface area contributed by atoms with Crippen molar-refractivity contribution in [1.82, 2.24) is 4.84 Å². The molecule has 1 rings (SSSR count). The van der Waals surface area contributed by atoms with Gasteiger partial charge in [0.1, 0.15) is 5.75 Å². The van der Waals surface area contributed by atoms with E-state index >= 15 is 0 Å². The number of ether oxygens (including phenoxy) is 1. The molecule has 2 unspecified atom stereocenters. The molecule has 0 fully saturated rings. The monoisotopic (exact) mass is 317 g/mol. The lowest BCUT2D eigenvalue weighted by atomic mass is 9.90. The normalized spacial score (nSPS) is 15.2. The zero-order valence-electron chi connectivity index (χ0n) is 11.8. The Labute approximate surface area is 128 Å². The highest BCUT2D eigenvalue weighted by Crippen LogP contribution is 2.19. The van der Waals surface area contributed by atoms with Gasteiger partial charge in [-0.3, -0.25) is 0 Å². The van der Waals surface area contributed by atoms with Crippen molar-refractivity contribution in [2.45, 2.75) is 30.9 Å². The molecule has 0 amide bonds. The fourth-order valence-corrected chi connectivity index (χ4v) is 2.25. The lowest BCUT2D eigenvalue weighted by Crippen LogP contribution is -2.60. The summed E-state index contributed by atoms with van der Waals surface area (Å²) in [4.78, 5) is 13.1. The van der Waals surface area contributed by atoms with Crippen LogP contribution in [0.15, 0.2) is 24.3 Å². The van der Waals surface area contributed by atoms with Crippen molar-refractivity contribution in [1.29, 1.82) is 0 Å². The van der Waals surface area contributed by atoms with Gasteiger partial charge in [0.2, 0.25) is 0 Å². The Balaban J connectivity index is 2.55. The number of benzene rings is 1. The summed E-state index contributed by atoms with van der Waals surface area (Å²) in [5.74, 6) is -0.632. The molecule has 0 bridgehead atoms. The number of hydrogen-bond acceptors (Lipinski definition) is 5. The van der Waals surface area contributed by atoms with Crippen LogP contribution in [-0.4, -0.2) is 46.6 Å². The Morgan fingerprint density at radius 2 is 2.05 bits per heavy atom. The molecular formula is C14H20ClNO5. The first-order chi connectivity index (χ1) is 10.00. The fourth-order valence-electron chi connectivity index (χ4n) is 1.99. The minimum atomic E-state index is -1.94. The minimum absolute atomic E-state index is 0.193. The second-order valence-corrected chi connectivity index (χ2v) is 4.97. The standard InChI is InChI=1S/C14H20ClNO5/c1-21-11-7-5-10(6-8-11)3-2-4-12(18)14(9-17,16-15)13(19)20/h5-8,12,16-18H,2-4,9H2,1H3,(H,19,20). The third-order valence-electron chi connectivity index (χ3n) is 3.47. The minimum Gasteiger partial charge on any atom is -0.497 e. The van der Waals surface area contributed by atoms with E-state index in [9.17, 15) is 15.0 Å². The lowest BCUT2D eigenvalue weighted by molar-refractivity contribution is -0.151. The first kappa shape index (κ1) is 17.7. The van der Waals surface area contributed by atoms with E-state index < -0.39 is 24.2 Å². The van der Waals surface area contributed by atoms with E-state index in [0.29, 0.717) is 12.8 Å². The zero-order valence-corrected chi connectivity index (χ0v) is 12.5. The Morgan fingerprint density at radius 1 is 1.43 bits per heavy atom. The molecule has 0 saturated heterocycles. The molecule has 0 aliphatic heterocycles. The smallest absolute Gasteiger partial charge is 0.330 e. The Kier molecular flexibility index (Phi) is 6.91. The summed E-state index contributed by atoms with van der Waals surface area (Å²) in [5.41, 5.74) is -0.895. The van der Waals surface area contributed by atoms with Gasteiger partial charge in [0.25, 0.3) is 0 Å².